The van der Waals surface area contributed by atoms with Crippen molar-refractivity contribution in [3.63, 3.8) is 0 Å². The number of aliphatic carboxylic acids is 1. The molecule has 6 nitrogen and oxygen atoms in total. The summed E-state index contributed by atoms with van der Waals surface area (Å²) in [6.07, 6.45) is 2.21. The minimum absolute atomic E-state index is 0.222. The highest BCUT2D eigenvalue weighted by atomic mass is 35.5. The van der Waals surface area contributed by atoms with Gasteiger partial charge in [-0.05, 0) is 18.4 Å². The second-order valence-electron chi connectivity index (χ2n) is 5.37. The number of amides is 1. The largest absolute Gasteiger partial charge is 0.480 e. The van der Waals surface area contributed by atoms with Gasteiger partial charge in [-0.2, -0.15) is 0 Å². The molecule has 1 atom stereocenters. The summed E-state index contributed by atoms with van der Waals surface area (Å²) in [6.45, 7) is 5.37. The van der Waals surface area contributed by atoms with Gasteiger partial charge in [0.25, 0.3) is 5.91 Å². The summed E-state index contributed by atoms with van der Waals surface area (Å²) in [6, 6.07) is 2.37. The number of rotatable bonds is 5. The van der Waals surface area contributed by atoms with Crippen molar-refractivity contribution in [2.75, 3.05) is 0 Å². The van der Waals surface area contributed by atoms with Gasteiger partial charge in [0.2, 0.25) is 0 Å². The number of nitrogens with one attached hydrogen (secondary N) is 1. The van der Waals surface area contributed by atoms with Crippen molar-refractivity contribution in [2.45, 2.75) is 33.2 Å². The van der Waals surface area contributed by atoms with Crippen molar-refractivity contribution >= 4 is 29.1 Å². The van der Waals surface area contributed by atoms with Crippen molar-refractivity contribution in [1.82, 2.24) is 14.7 Å². The van der Waals surface area contributed by atoms with E-state index in [1.165, 1.54) is 0 Å². The quantitative estimate of drug-likeness (QED) is 0.885. The van der Waals surface area contributed by atoms with E-state index in [1.54, 1.807) is 36.6 Å². The summed E-state index contributed by atoms with van der Waals surface area (Å²) < 4.78 is 1.62. The molecule has 0 aliphatic rings. The van der Waals surface area contributed by atoms with E-state index in [-0.39, 0.29) is 5.92 Å². The molecule has 1 unspecified atom stereocenters. The van der Waals surface area contributed by atoms with E-state index in [2.05, 4.69) is 10.3 Å². The van der Waals surface area contributed by atoms with Crippen LogP contribution in [-0.2, 0) is 11.2 Å². The van der Waals surface area contributed by atoms with Crippen LogP contribution in [0.15, 0.2) is 18.3 Å². The maximum atomic E-state index is 12.5. The Balaban J connectivity index is 2.44. The van der Waals surface area contributed by atoms with Crippen LogP contribution in [0.4, 0.5) is 0 Å². The predicted molar refractivity (Wildman–Crippen MR) is 83.3 cm³/mol. The fourth-order valence-corrected chi connectivity index (χ4v) is 2.43. The number of hydrogen-bond donors (Lipinski definition) is 2. The molecule has 1 amide bonds. The van der Waals surface area contributed by atoms with Gasteiger partial charge >= 0.3 is 5.97 Å². The molecule has 0 saturated heterocycles. The number of carbonyl (C=O) groups is 2. The molecule has 118 valence electrons. The van der Waals surface area contributed by atoms with E-state index in [0.29, 0.717) is 28.5 Å². The number of aromatic nitrogens is 2. The molecule has 0 aliphatic heterocycles. The zero-order valence-corrected chi connectivity index (χ0v) is 13.4. The van der Waals surface area contributed by atoms with Crippen LogP contribution < -0.4 is 5.32 Å². The molecule has 7 heteroatoms. The number of carboxylic acids is 1. The third kappa shape index (κ3) is 3.06. The minimum atomic E-state index is -1.06. The molecule has 0 spiro atoms. The molecule has 2 aromatic rings. The van der Waals surface area contributed by atoms with Crippen LogP contribution in [0.2, 0.25) is 5.02 Å². The highest BCUT2D eigenvalue weighted by molar-refractivity contribution is 6.30. The van der Waals surface area contributed by atoms with Gasteiger partial charge in [-0.1, -0.05) is 32.4 Å². The molecule has 2 aromatic heterocycles. The van der Waals surface area contributed by atoms with Gasteiger partial charge in [-0.15, -0.1) is 0 Å². The molecule has 22 heavy (non-hydrogen) atoms. The summed E-state index contributed by atoms with van der Waals surface area (Å²) in [5, 5.41) is 12.3. The molecular formula is C15H18ClN3O3. The first-order chi connectivity index (χ1) is 10.3. The van der Waals surface area contributed by atoms with Crippen LogP contribution in [0, 0.1) is 5.92 Å². The van der Waals surface area contributed by atoms with E-state index in [0.717, 1.165) is 0 Å². The lowest BCUT2D eigenvalue weighted by atomic mass is 10.0. The van der Waals surface area contributed by atoms with Crippen molar-refractivity contribution < 1.29 is 14.7 Å². The first-order valence-electron chi connectivity index (χ1n) is 7.05. The number of nitrogens with zero attached hydrogens (tertiary/aromatic N) is 2. The second-order valence-corrected chi connectivity index (χ2v) is 5.80. The van der Waals surface area contributed by atoms with Gasteiger partial charge in [0.15, 0.2) is 0 Å². The molecule has 0 aromatic carbocycles. The molecule has 0 radical (unpaired) electrons. The summed E-state index contributed by atoms with van der Waals surface area (Å²) >= 11 is 5.94. The van der Waals surface area contributed by atoms with E-state index in [4.69, 9.17) is 11.6 Å². The van der Waals surface area contributed by atoms with Crippen molar-refractivity contribution in [2.24, 2.45) is 5.92 Å². The highest BCUT2D eigenvalue weighted by Crippen LogP contribution is 2.18. The van der Waals surface area contributed by atoms with Crippen LogP contribution in [0.1, 0.15) is 37.0 Å². The van der Waals surface area contributed by atoms with Crippen LogP contribution in [0.5, 0.6) is 0 Å². The zero-order chi connectivity index (χ0) is 16.4. The predicted octanol–water partition coefficient (Wildman–Crippen LogP) is 2.39. The summed E-state index contributed by atoms with van der Waals surface area (Å²) in [7, 11) is 0. The first kappa shape index (κ1) is 16.3. The van der Waals surface area contributed by atoms with Crippen LogP contribution >= 0.6 is 11.6 Å². The van der Waals surface area contributed by atoms with Crippen molar-refractivity contribution in [3.8, 4) is 0 Å². The average Bonchev–Trinajstić information content (AvgIpc) is 2.81. The van der Waals surface area contributed by atoms with E-state index < -0.39 is 17.9 Å². The Labute approximate surface area is 133 Å². The lowest BCUT2D eigenvalue weighted by Gasteiger charge is -2.18. The smallest absolute Gasteiger partial charge is 0.326 e. The molecule has 2 rings (SSSR count). The number of hydrogen-bond acceptors (Lipinski definition) is 3. The average molecular weight is 324 g/mol. The topological polar surface area (TPSA) is 83.7 Å². The van der Waals surface area contributed by atoms with Crippen LogP contribution in [0.25, 0.3) is 5.65 Å². The monoisotopic (exact) mass is 323 g/mol. The number of carboxylic acid groups (broad SMARTS) is 1. The minimum Gasteiger partial charge on any atom is -0.480 e. The van der Waals surface area contributed by atoms with Gasteiger partial charge in [0.1, 0.15) is 17.4 Å². The Morgan fingerprint density at radius 3 is 2.68 bits per heavy atom. The highest BCUT2D eigenvalue weighted by Gasteiger charge is 2.27. The maximum Gasteiger partial charge on any atom is 0.326 e. The summed E-state index contributed by atoms with van der Waals surface area (Å²) in [4.78, 5) is 28.2. The molecule has 2 heterocycles. The normalized spacial score (nSPS) is 12.6. The Hall–Kier alpha value is -2.08. The Bertz CT molecular complexity index is 724. The number of halogens is 1. The summed E-state index contributed by atoms with van der Waals surface area (Å²) in [5.74, 6) is -1.73. The van der Waals surface area contributed by atoms with Gasteiger partial charge in [-0.25, -0.2) is 9.78 Å². The number of fused-ring (bicyclic) bond motifs is 1. The first-order valence-corrected chi connectivity index (χ1v) is 7.43. The SMILES string of the molecule is CCc1nc2cc(Cl)ccn2c1C(=O)NC(C(=O)O)C(C)C. The Morgan fingerprint density at radius 1 is 1.45 bits per heavy atom. The molecule has 0 fully saturated rings. The Kier molecular flexibility index (Phi) is 4.71. The van der Waals surface area contributed by atoms with Crippen LogP contribution in [0.3, 0.4) is 0 Å². The zero-order valence-electron chi connectivity index (χ0n) is 12.6. The molecule has 2 N–H and O–H groups in total. The third-order valence-corrected chi connectivity index (χ3v) is 3.66. The van der Waals surface area contributed by atoms with Crippen molar-refractivity contribution in [1.29, 1.82) is 0 Å². The number of carbonyl (C=O) groups excluding carboxylic acids is 1. The molecule has 0 bridgehead atoms. The summed E-state index contributed by atoms with van der Waals surface area (Å²) in [5.41, 5.74) is 1.51. The van der Waals surface area contributed by atoms with E-state index in [1.807, 2.05) is 6.92 Å². The van der Waals surface area contributed by atoms with Gasteiger partial charge < -0.3 is 10.4 Å². The van der Waals surface area contributed by atoms with Gasteiger partial charge in [0.05, 0.1) is 5.69 Å². The molecule has 0 aliphatic carbocycles. The van der Waals surface area contributed by atoms with Gasteiger partial charge in [-0.3, -0.25) is 9.20 Å². The van der Waals surface area contributed by atoms with E-state index in [9.17, 15) is 14.7 Å². The standard InChI is InChI=1S/C15H18ClN3O3/c1-4-10-13(14(20)18-12(8(2)3)15(21)22)19-6-5-9(16)7-11(19)17-10/h5-8,12H,4H2,1-3H3,(H,18,20)(H,21,22). The van der Waals surface area contributed by atoms with E-state index >= 15 is 0 Å². The molecular weight excluding hydrogens is 306 g/mol. The van der Waals surface area contributed by atoms with Crippen LogP contribution in [-0.4, -0.2) is 32.4 Å². The number of aryl methyl sites for hydroxylation is 1. The van der Waals surface area contributed by atoms with Crippen molar-refractivity contribution in [3.05, 3.63) is 34.7 Å². The lowest BCUT2D eigenvalue weighted by molar-refractivity contribution is -0.140. The van der Waals surface area contributed by atoms with Gasteiger partial charge in [0, 0.05) is 17.3 Å². The number of imidazole rings is 1. The third-order valence-electron chi connectivity index (χ3n) is 3.43. The Morgan fingerprint density at radius 2 is 2.14 bits per heavy atom. The lowest BCUT2D eigenvalue weighted by Crippen LogP contribution is -2.44. The fraction of sp³-hybridized carbons (Fsp3) is 0.400. The second kappa shape index (κ2) is 6.36. The fourth-order valence-electron chi connectivity index (χ4n) is 2.28. The number of pyridine rings is 1. The maximum absolute atomic E-state index is 12.5. The molecule has 0 saturated carbocycles.